The minimum absolute atomic E-state index is 0.0817. The molecule has 1 aliphatic carbocycles. The fourth-order valence-electron chi connectivity index (χ4n) is 5.07. The summed E-state index contributed by atoms with van der Waals surface area (Å²) in [6.07, 6.45) is 6.06. The highest BCUT2D eigenvalue weighted by Crippen LogP contribution is 2.30. The third kappa shape index (κ3) is 8.36. The molecule has 214 valence electrons. The molecule has 0 bridgehead atoms. The van der Waals surface area contributed by atoms with E-state index in [1.807, 2.05) is 31.2 Å². The van der Waals surface area contributed by atoms with E-state index in [0.29, 0.717) is 23.6 Å². The largest absolute Gasteiger partial charge is 0.497 e. The van der Waals surface area contributed by atoms with Crippen molar-refractivity contribution in [2.24, 2.45) is 0 Å². The van der Waals surface area contributed by atoms with Crippen LogP contribution in [0.15, 0.2) is 48.5 Å². The molecule has 10 heteroatoms. The van der Waals surface area contributed by atoms with Crippen LogP contribution in [0.5, 0.6) is 11.5 Å². The number of nitrogens with one attached hydrogen (secondary N) is 1. The van der Waals surface area contributed by atoms with Crippen LogP contribution in [0.25, 0.3) is 0 Å². The van der Waals surface area contributed by atoms with E-state index >= 15 is 0 Å². The van der Waals surface area contributed by atoms with Gasteiger partial charge < -0.3 is 19.7 Å². The summed E-state index contributed by atoms with van der Waals surface area (Å²) in [6, 6.07) is 13.8. The molecule has 0 aromatic heterocycles. The third-order valence-electron chi connectivity index (χ3n) is 7.08. The predicted molar refractivity (Wildman–Crippen MR) is 152 cm³/mol. The van der Waals surface area contributed by atoms with Crippen LogP contribution in [0.2, 0.25) is 0 Å². The van der Waals surface area contributed by atoms with E-state index in [9.17, 15) is 18.0 Å². The van der Waals surface area contributed by atoms with E-state index in [0.717, 1.165) is 37.5 Å². The standard InChI is InChI=1S/C29H41N3O6S/c1-5-25(29(34)30-23-13-6-7-14-23)31(21-22-12-10-15-24(20-22)37-2)28(33)18-11-19-32(39(4,35)36)26-16-8-9-17-27(26)38-3/h8-10,12,15-17,20,23,25H,5-7,11,13-14,18-19,21H2,1-4H3,(H,30,34). The van der Waals surface area contributed by atoms with E-state index in [-0.39, 0.29) is 43.8 Å². The molecule has 2 aromatic carbocycles. The Morgan fingerprint density at radius 3 is 2.41 bits per heavy atom. The van der Waals surface area contributed by atoms with E-state index < -0.39 is 16.1 Å². The maximum atomic E-state index is 13.7. The zero-order chi connectivity index (χ0) is 28.4. The number of rotatable bonds is 14. The first kappa shape index (κ1) is 30.3. The van der Waals surface area contributed by atoms with Gasteiger partial charge in [-0.15, -0.1) is 0 Å². The van der Waals surface area contributed by atoms with Gasteiger partial charge in [-0.2, -0.15) is 0 Å². The summed E-state index contributed by atoms with van der Waals surface area (Å²) in [5.74, 6) is 0.750. The van der Waals surface area contributed by atoms with Crippen LogP contribution in [-0.4, -0.2) is 64.2 Å². The molecule has 9 nitrogen and oxygen atoms in total. The predicted octanol–water partition coefficient (Wildman–Crippen LogP) is 4.12. The van der Waals surface area contributed by atoms with E-state index in [1.165, 1.54) is 11.4 Å². The number of hydrogen-bond donors (Lipinski definition) is 1. The van der Waals surface area contributed by atoms with Gasteiger partial charge in [-0.1, -0.05) is 44.0 Å². The lowest BCUT2D eigenvalue weighted by atomic mass is 10.1. The summed E-state index contributed by atoms with van der Waals surface area (Å²) >= 11 is 0. The number of anilines is 1. The molecule has 2 aromatic rings. The van der Waals surface area contributed by atoms with E-state index in [4.69, 9.17) is 9.47 Å². The molecule has 2 amide bonds. The highest BCUT2D eigenvalue weighted by molar-refractivity contribution is 7.92. The van der Waals surface area contributed by atoms with Crippen LogP contribution >= 0.6 is 0 Å². The molecule has 1 aliphatic rings. The van der Waals surface area contributed by atoms with Crippen molar-refractivity contribution in [1.29, 1.82) is 0 Å². The van der Waals surface area contributed by atoms with Gasteiger partial charge in [0, 0.05) is 25.6 Å². The number of ether oxygens (including phenoxy) is 2. The fraction of sp³-hybridized carbons (Fsp3) is 0.517. The third-order valence-corrected chi connectivity index (χ3v) is 8.26. The van der Waals surface area contributed by atoms with Crippen molar-refractivity contribution in [1.82, 2.24) is 10.2 Å². The summed E-state index contributed by atoms with van der Waals surface area (Å²) < 4.78 is 37.2. The zero-order valence-corrected chi connectivity index (χ0v) is 24.2. The first-order valence-corrected chi connectivity index (χ1v) is 15.4. The molecule has 0 spiro atoms. The molecule has 0 heterocycles. The summed E-state index contributed by atoms with van der Waals surface area (Å²) in [6.45, 7) is 2.25. The summed E-state index contributed by atoms with van der Waals surface area (Å²) in [5, 5.41) is 3.14. The number of carbonyl (C=O) groups excluding carboxylic acids is 2. The summed E-state index contributed by atoms with van der Waals surface area (Å²) in [4.78, 5) is 28.6. The second-order valence-electron chi connectivity index (χ2n) is 9.90. The number of methoxy groups -OCH3 is 2. The molecular formula is C29H41N3O6S. The Balaban J connectivity index is 1.79. The summed E-state index contributed by atoms with van der Waals surface area (Å²) in [7, 11) is -0.551. The van der Waals surface area contributed by atoms with Gasteiger partial charge in [0.1, 0.15) is 17.5 Å². The molecular weight excluding hydrogens is 518 g/mol. The smallest absolute Gasteiger partial charge is 0.243 e. The Kier molecular flexibility index (Phi) is 11.0. The van der Waals surface area contributed by atoms with Crippen LogP contribution in [0, 0.1) is 0 Å². The molecule has 3 rings (SSSR count). The average Bonchev–Trinajstić information content (AvgIpc) is 3.43. The number of amides is 2. The quantitative estimate of drug-likeness (QED) is 0.373. The molecule has 0 radical (unpaired) electrons. The van der Waals surface area contributed by atoms with Gasteiger partial charge in [0.05, 0.1) is 26.2 Å². The number of para-hydroxylation sites is 2. The molecule has 1 unspecified atom stereocenters. The molecule has 1 atom stereocenters. The van der Waals surface area contributed by atoms with Gasteiger partial charge in [-0.25, -0.2) is 8.42 Å². The van der Waals surface area contributed by atoms with Crippen LogP contribution in [0.4, 0.5) is 5.69 Å². The van der Waals surface area contributed by atoms with E-state index in [1.54, 1.807) is 36.3 Å². The van der Waals surface area contributed by atoms with E-state index in [2.05, 4.69) is 5.32 Å². The lowest BCUT2D eigenvalue weighted by molar-refractivity contribution is -0.141. The number of benzene rings is 2. The topological polar surface area (TPSA) is 105 Å². The highest BCUT2D eigenvalue weighted by atomic mass is 32.2. The number of hydrogen-bond acceptors (Lipinski definition) is 6. The Hall–Kier alpha value is -3.27. The van der Waals surface area contributed by atoms with Gasteiger partial charge in [-0.05, 0) is 55.5 Å². The Bertz CT molecular complexity index is 1210. The minimum atomic E-state index is -3.62. The second kappa shape index (κ2) is 14.2. The van der Waals surface area contributed by atoms with Gasteiger partial charge in [-0.3, -0.25) is 13.9 Å². The molecule has 39 heavy (non-hydrogen) atoms. The number of sulfonamides is 1. The summed E-state index contributed by atoms with van der Waals surface area (Å²) in [5.41, 5.74) is 1.27. The van der Waals surface area contributed by atoms with Crippen molar-refractivity contribution < 1.29 is 27.5 Å². The Morgan fingerprint density at radius 1 is 1.05 bits per heavy atom. The second-order valence-corrected chi connectivity index (χ2v) is 11.8. The lowest BCUT2D eigenvalue weighted by Crippen LogP contribution is -2.51. The maximum absolute atomic E-state index is 13.7. The minimum Gasteiger partial charge on any atom is -0.497 e. The molecule has 0 aliphatic heterocycles. The number of carbonyl (C=O) groups is 2. The molecule has 1 fully saturated rings. The SMILES string of the molecule is CCC(C(=O)NC1CCCC1)N(Cc1cccc(OC)c1)C(=O)CCCN(c1ccccc1OC)S(C)(=O)=O. The van der Waals surface area contributed by atoms with Crippen molar-refractivity contribution in [3.05, 3.63) is 54.1 Å². The average molecular weight is 560 g/mol. The molecule has 1 N–H and O–H groups in total. The monoisotopic (exact) mass is 559 g/mol. The lowest BCUT2D eigenvalue weighted by Gasteiger charge is -2.32. The van der Waals surface area contributed by atoms with Crippen molar-refractivity contribution in [3.63, 3.8) is 0 Å². The molecule has 1 saturated carbocycles. The van der Waals surface area contributed by atoms with Crippen molar-refractivity contribution in [3.8, 4) is 11.5 Å². The van der Waals surface area contributed by atoms with Gasteiger partial charge in [0.25, 0.3) is 0 Å². The van der Waals surface area contributed by atoms with Crippen LogP contribution in [-0.2, 0) is 26.2 Å². The van der Waals surface area contributed by atoms with Crippen molar-refractivity contribution >= 4 is 27.5 Å². The van der Waals surface area contributed by atoms with Gasteiger partial charge >= 0.3 is 0 Å². The highest BCUT2D eigenvalue weighted by Gasteiger charge is 2.31. The van der Waals surface area contributed by atoms with Crippen molar-refractivity contribution in [2.45, 2.75) is 70.5 Å². The van der Waals surface area contributed by atoms with Crippen LogP contribution in [0.1, 0.15) is 57.4 Å². The Labute approximate surface area is 232 Å². The first-order chi connectivity index (χ1) is 18.7. The van der Waals surface area contributed by atoms with Crippen LogP contribution < -0.4 is 19.1 Å². The van der Waals surface area contributed by atoms with Gasteiger partial charge in [0.15, 0.2) is 0 Å². The normalized spacial score (nSPS) is 14.5. The van der Waals surface area contributed by atoms with Crippen molar-refractivity contribution in [2.75, 3.05) is 31.3 Å². The zero-order valence-electron chi connectivity index (χ0n) is 23.4. The van der Waals surface area contributed by atoms with Crippen LogP contribution in [0.3, 0.4) is 0 Å². The molecule has 0 saturated heterocycles. The fourth-order valence-corrected chi connectivity index (χ4v) is 6.04. The Morgan fingerprint density at radius 2 is 1.77 bits per heavy atom. The maximum Gasteiger partial charge on any atom is 0.243 e. The number of nitrogens with zero attached hydrogens (tertiary/aromatic N) is 2. The first-order valence-electron chi connectivity index (χ1n) is 13.5. The van der Waals surface area contributed by atoms with Gasteiger partial charge in [0.2, 0.25) is 21.8 Å².